The van der Waals surface area contributed by atoms with Crippen molar-refractivity contribution in [3.05, 3.63) is 11.8 Å². The van der Waals surface area contributed by atoms with Crippen LogP contribution in [0.1, 0.15) is 50.6 Å². The van der Waals surface area contributed by atoms with Gasteiger partial charge in [0.25, 0.3) is 0 Å². The van der Waals surface area contributed by atoms with Crippen molar-refractivity contribution in [2.24, 2.45) is 17.8 Å². The number of nitrogen functional groups attached to an aromatic ring is 1. The van der Waals surface area contributed by atoms with Gasteiger partial charge in [0, 0.05) is 30.6 Å². The molecule has 0 aromatic carbocycles. The summed E-state index contributed by atoms with van der Waals surface area (Å²) < 4.78 is 0. The molecule has 4 aliphatic carbocycles. The van der Waals surface area contributed by atoms with E-state index in [1.807, 2.05) is 7.05 Å². The van der Waals surface area contributed by atoms with Gasteiger partial charge in [0.05, 0.1) is 5.69 Å². The SMILES string of the molecule is CNC1CCN(c2cc(C34CC5CC(CC(C5)C3)C4)nc(N)n2)C1. The van der Waals surface area contributed by atoms with Crippen LogP contribution in [0, 0.1) is 17.8 Å². The molecule has 6 rings (SSSR count). The quantitative estimate of drug-likeness (QED) is 0.892. The van der Waals surface area contributed by atoms with Gasteiger partial charge in [-0.25, -0.2) is 4.98 Å². The van der Waals surface area contributed by atoms with Crippen LogP contribution in [-0.2, 0) is 5.41 Å². The van der Waals surface area contributed by atoms with Crippen molar-refractivity contribution in [3.8, 4) is 0 Å². The molecule has 0 spiro atoms. The summed E-state index contributed by atoms with van der Waals surface area (Å²) in [6, 6.07) is 2.84. The van der Waals surface area contributed by atoms with Gasteiger partial charge in [0.15, 0.2) is 0 Å². The third kappa shape index (κ3) is 2.32. The van der Waals surface area contributed by atoms with Crippen molar-refractivity contribution in [1.29, 1.82) is 0 Å². The molecule has 1 unspecified atom stereocenters. The lowest BCUT2D eigenvalue weighted by Crippen LogP contribution is -2.49. The molecule has 5 heteroatoms. The molecule has 1 aromatic rings. The van der Waals surface area contributed by atoms with Crippen LogP contribution in [0.3, 0.4) is 0 Å². The summed E-state index contributed by atoms with van der Waals surface area (Å²) in [5.41, 5.74) is 7.69. The minimum absolute atomic E-state index is 0.294. The fourth-order valence-electron chi connectivity index (χ4n) is 6.51. The van der Waals surface area contributed by atoms with E-state index in [0.717, 1.165) is 36.7 Å². The molecular weight excluding hydrogens is 298 g/mol. The number of hydrogen-bond donors (Lipinski definition) is 2. The highest BCUT2D eigenvalue weighted by atomic mass is 15.2. The van der Waals surface area contributed by atoms with E-state index in [-0.39, 0.29) is 0 Å². The van der Waals surface area contributed by atoms with Gasteiger partial charge in [0.1, 0.15) is 5.82 Å². The van der Waals surface area contributed by atoms with Gasteiger partial charge in [-0.05, 0) is 69.7 Å². The maximum Gasteiger partial charge on any atom is 0.222 e. The number of hydrogen-bond acceptors (Lipinski definition) is 5. The molecule has 5 nitrogen and oxygen atoms in total. The molecule has 3 N–H and O–H groups in total. The Balaban J connectivity index is 1.48. The van der Waals surface area contributed by atoms with Crippen LogP contribution in [0.5, 0.6) is 0 Å². The third-order valence-corrected chi connectivity index (χ3v) is 7.23. The summed E-state index contributed by atoms with van der Waals surface area (Å²) in [4.78, 5) is 11.7. The lowest BCUT2D eigenvalue weighted by molar-refractivity contribution is -0.00717. The Morgan fingerprint density at radius 2 is 1.79 bits per heavy atom. The van der Waals surface area contributed by atoms with Gasteiger partial charge in [-0.15, -0.1) is 0 Å². The van der Waals surface area contributed by atoms with Crippen molar-refractivity contribution in [3.63, 3.8) is 0 Å². The summed E-state index contributed by atoms with van der Waals surface area (Å²) in [6.45, 7) is 2.08. The van der Waals surface area contributed by atoms with Crippen molar-refractivity contribution < 1.29 is 0 Å². The number of nitrogens with one attached hydrogen (secondary N) is 1. The average molecular weight is 327 g/mol. The summed E-state index contributed by atoms with van der Waals surface area (Å²) in [7, 11) is 2.05. The number of likely N-dealkylation sites (N-methyl/N-ethyl adjacent to an activating group) is 1. The maximum atomic E-state index is 6.15. The Morgan fingerprint density at radius 1 is 1.12 bits per heavy atom. The van der Waals surface area contributed by atoms with Crippen LogP contribution >= 0.6 is 0 Å². The number of anilines is 2. The highest BCUT2D eigenvalue weighted by Gasteiger charge is 2.52. The molecule has 130 valence electrons. The van der Waals surface area contributed by atoms with E-state index >= 15 is 0 Å². The second-order valence-corrected chi connectivity index (χ2v) is 8.89. The first-order chi connectivity index (χ1) is 11.6. The van der Waals surface area contributed by atoms with E-state index in [1.54, 1.807) is 0 Å². The molecule has 0 radical (unpaired) electrons. The first-order valence-electron chi connectivity index (χ1n) is 9.71. The standard InChI is InChI=1S/C19H29N5/c1-21-15-2-3-24(11-15)17-7-16(22-18(20)23-17)19-8-12-4-13(9-19)6-14(5-12)10-19/h7,12-15,21H,2-6,8-11H2,1H3,(H2,20,22,23). The Labute approximate surface area is 144 Å². The van der Waals surface area contributed by atoms with E-state index in [9.17, 15) is 0 Å². The Morgan fingerprint density at radius 3 is 2.38 bits per heavy atom. The molecule has 1 saturated heterocycles. The van der Waals surface area contributed by atoms with Gasteiger partial charge >= 0.3 is 0 Å². The van der Waals surface area contributed by atoms with Crippen LogP contribution in [0.2, 0.25) is 0 Å². The summed E-state index contributed by atoms with van der Waals surface area (Å²) in [5, 5.41) is 3.39. The summed E-state index contributed by atoms with van der Waals surface area (Å²) in [5.74, 6) is 4.29. The monoisotopic (exact) mass is 327 g/mol. The fourth-order valence-corrected chi connectivity index (χ4v) is 6.51. The molecule has 4 saturated carbocycles. The predicted octanol–water partition coefficient (Wildman–Crippen LogP) is 2.32. The van der Waals surface area contributed by atoms with E-state index < -0.39 is 0 Å². The predicted molar refractivity (Wildman–Crippen MR) is 96.0 cm³/mol. The lowest BCUT2D eigenvalue weighted by Gasteiger charge is -2.56. The molecule has 1 aromatic heterocycles. The molecule has 2 heterocycles. The topological polar surface area (TPSA) is 67.1 Å². The number of rotatable bonds is 3. The zero-order valence-electron chi connectivity index (χ0n) is 14.7. The summed E-state index contributed by atoms with van der Waals surface area (Å²) >= 11 is 0. The lowest BCUT2D eigenvalue weighted by atomic mass is 9.49. The first kappa shape index (κ1) is 14.9. The second-order valence-electron chi connectivity index (χ2n) is 8.89. The molecule has 0 amide bonds. The fraction of sp³-hybridized carbons (Fsp3) is 0.789. The molecule has 24 heavy (non-hydrogen) atoms. The Kier molecular flexibility index (Phi) is 3.31. The van der Waals surface area contributed by atoms with E-state index in [4.69, 9.17) is 10.7 Å². The Bertz CT molecular complexity index is 607. The molecule has 4 bridgehead atoms. The van der Waals surface area contributed by atoms with Crippen LogP contribution < -0.4 is 16.0 Å². The largest absolute Gasteiger partial charge is 0.368 e. The van der Waals surface area contributed by atoms with Crippen LogP contribution in [-0.4, -0.2) is 36.1 Å². The van der Waals surface area contributed by atoms with Gasteiger partial charge in [0.2, 0.25) is 5.95 Å². The Hall–Kier alpha value is -1.36. The maximum absolute atomic E-state index is 6.15. The summed E-state index contributed by atoms with van der Waals surface area (Å²) in [6.07, 6.45) is 9.54. The van der Waals surface area contributed by atoms with Crippen LogP contribution in [0.15, 0.2) is 6.07 Å². The van der Waals surface area contributed by atoms with Gasteiger partial charge in [-0.2, -0.15) is 4.98 Å². The average Bonchev–Trinajstić information content (AvgIpc) is 3.02. The van der Waals surface area contributed by atoms with Crippen molar-refractivity contribution >= 4 is 11.8 Å². The zero-order valence-corrected chi connectivity index (χ0v) is 14.7. The third-order valence-electron chi connectivity index (χ3n) is 7.23. The van der Waals surface area contributed by atoms with Crippen LogP contribution in [0.4, 0.5) is 11.8 Å². The molecule has 5 aliphatic rings. The molecular formula is C19H29N5. The molecule has 5 fully saturated rings. The normalized spacial score (nSPS) is 40.5. The molecule has 1 aliphatic heterocycles. The zero-order chi connectivity index (χ0) is 16.3. The van der Waals surface area contributed by atoms with Gasteiger partial charge in [-0.3, -0.25) is 0 Å². The van der Waals surface area contributed by atoms with Crippen molar-refractivity contribution in [2.45, 2.75) is 56.4 Å². The minimum atomic E-state index is 0.294. The second kappa shape index (κ2) is 5.32. The number of nitrogens with two attached hydrogens (primary N) is 1. The highest BCUT2D eigenvalue weighted by Crippen LogP contribution is 2.60. The smallest absolute Gasteiger partial charge is 0.222 e. The van der Waals surface area contributed by atoms with Crippen molar-refractivity contribution in [2.75, 3.05) is 30.8 Å². The van der Waals surface area contributed by atoms with Gasteiger partial charge < -0.3 is 16.0 Å². The molecule has 1 atom stereocenters. The van der Waals surface area contributed by atoms with Gasteiger partial charge in [-0.1, -0.05) is 0 Å². The highest BCUT2D eigenvalue weighted by molar-refractivity contribution is 5.47. The minimum Gasteiger partial charge on any atom is -0.368 e. The van der Waals surface area contributed by atoms with E-state index in [1.165, 1.54) is 50.6 Å². The first-order valence-corrected chi connectivity index (χ1v) is 9.71. The van der Waals surface area contributed by atoms with Crippen LogP contribution in [0.25, 0.3) is 0 Å². The number of aromatic nitrogens is 2. The van der Waals surface area contributed by atoms with E-state index in [0.29, 0.717) is 17.4 Å². The van der Waals surface area contributed by atoms with Crippen molar-refractivity contribution in [1.82, 2.24) is 15.3 Å². The van der Waals surface area contributed by atoms with E-state index in [2.05, 4.69) is 21.3 Å². The number of nitrogens with zero attached hydrogens (tertiary/aromatic N) is 3.